The molecule has 0 aliphatic carbocycles. The summed E-state index contributed by atoms with van der Waals surface area (Å²) in [5.41, 5.74) is 0. The zero-order valence-corrected chi connectivity index (χ0v) is 16.5. The van der Waals surface area contributed by atoms with Crippen LogP contribution < -0.4 is 15.9 Å². The minimum absolute atomic E-state index is 1.23. The predicted octanol–water partition coefficient (Wildman–Crippen LogP) is 4.16. The third-order valence-electron chi connectivity index (χ3n) is 4.05. The average molecular weight is 399 g/mol. The van der Waals surface area contributed by atoms with Gasteiger partial charge in [0.05, 0.1) is 0 Å². The topological polar surface area (TPSA) is 0 Å². The first-order valence-corrected chi connectivity index (χ1v) is 12.4. The van der Waals surface area contributed by atoms with E-state index in [2.05, 4.69) is 113 Å². The number of benzene rings is 3. The van der Waals surface area contributed by atoms with E-state index in [9.17, 15) is 0 Å². The van der Waals surface area contributed by atoms with Crippen LogP contribution in [-0.4, -0.2) is 20.1 Å². The van der Waals surface area contributed by atoms with Crippen molar-refractivity contribution in [3.63, 3.8) is 0 Å². The second-order valence-electron chi connectivity index (χ2n) is 5.32. The molecule has 0 aliphatic heterocycles. The van der Waals surface area contributed by atoms with E-state index in [1.807, 2.05) is 0 Å². The second-order valence-corrected chi connectivity index (χ2v) is 11.2. The van der Waals surface area contributed by atoms with Crippen LogP contribution in [0.2, 0.25) is 0 Å². The molecule has 0 saturated heterocycles. The summed E-state index contributed by atoms with van der Waals surface area (Å²) in [6.07, 6.45) is 0. The molecule has 0 nitrogen and oxygen atoms in total. The van der Waals surface area contributed by atoms with Crippen molar-refractivity contribution < 1.29 is 0 Å². The quantitative estimate of drug-likeness (QED) is 0.457. The molecule has 0 bridgehead atoms. The molecule has 0 amide bonds. The second kappa shape index (κ2) is 7.57. The molecule has 0 heterocycles. The summed E-state index contributed by atoms with van der Waals surface area (Å²) < 4.78 is 0. The Bertz CT molecular complexity index is 737. The van der Waals surface area contributed by atoms with Crippen molar-refractivity contribution >= 4 is 49.8 Å². The molecule has 23 heavy (non-hydrogen) atoms. The molecule has 0 atom stereocenters. The molecule has 0 aromatic heterocycles. The van der Waals surface area contributed by atoms with Crippen molar-refractivity contribution in [3.8, 4) is 0 Å². The molecule has 3 heteroatoms. The summed E-state index contributed by atoms with van der Waals surface area (Å²) in [6, 6.07) is 32.9. The van der Waals surface area contributed by atoms with Crippen LogP contribution in [0.5, 0.6) is 0 Å². The van der Waals surface area contributed by atoms with Crippen molar-refractivity contribution in [1.29, 1.82) is 0 Å². The van der Waals surface area contributed by atoms with Crippen LogP contribution in [0, 0.1) is 0 Å². The molecule has 0 N–H and O–H groups in total. The summed E-state index contributed by atoms with van der Waals surface area (Å²) in [7, 11) is 0. The molecule has 3 aromatic carbocycles. The Morgan fingerprint density at radius 1 is 0.652 bits per heavy atom. The molecule has 3 rings (SSSR count). The first-order chi connectivity index (χ1) is 11.3. The van der Waals surface area contributed by atoms with Gasteiger partial charge < -0.3 is 0 Å². The van der Waals surface area contributed by atoms with Gasteiger partial charge in [0.1, 0.15) is 0 Å². The van der Waals surface area contributed by atoms with Crippen LogP contribution in [0.4, 0.5) is 0 Å². The fourth-order valence-corrected chi connectivity index (χ4v) is 10.7. The van der Waals surface area contributed by atoms with Crippen LogP contribution in [-0.2, 0) is 0 Å². The molecular formula is C20H18P2Se. The van der Waals surface area contributed by atoms with Gasteiger partial charge in [0.15, 0.2) is 0 Å². The first-order valence-electron chi connectivity index (χ1n) is 7.53. The molecule has 114 valence electrons. The van der Waals surface area contributed by atoms with Gasteiger partial charge in [-0.1, -0.05) is 0 Å². The SMILES string of the molecule is CC(P=[Se])=P(c1ccccc1)(c1ccccc1)c1ccccc1. The Kier molecular flexibility index (Phi) is 5.47. The van der Waals surface area contributed by atoms with Crippen LogP contribution in [0.3, 0.4) is 0 Å². The number of rotatable bonds is 4. The van der Waals surface area contributed by atoms with E-state index in [-0.39, 0.29) is 0 Å². The van der Waals surface area contributed by atoms with Gasteiger partial charge in [-0.2, -0.15) is 0 Å². The summed E-state index contributed by atoms with van der Waals surface area (Å²) >= 11 is 3.22. The van der Waals surface area contributed by atoms with Crippen LogP contribution in [0.25, 0.3) is 0 Å². The monoisotopic (exact) mass is 400 g/mol. The molecule has 0 aliphatic rings. The van der Waals surface area contributed by atoms with Crippen molar-refractivity contribution in [2.75, 3.05) is 0 Å². The Hall–Kier alpha value is -1.22. The van der Waals surface area contributed by atoms with Gasteiger partial charge in [-0.25, -0.2) is 0 Å². The molecule has 0 fully saturated rings. The fourth-order valence-electron chi connectivity index (χ4n) is 3.02. The Morgan fingerprint density at radius 3 is 1.22 bits per heavy atom. The van der Waals surface area contributed by atoms with Gasteiger partial charge in [0.25, 0.3) is 0 Å². The van der Waals surface area contributed by atoms with Gasteiger partial charge in [-0.05, 0) is 0 Å². The van der Waals surface area contributed by atoms with E-state index in [1.165, 1.54) is 27.8 Å². The van der Waals surface area contributed by atoms with E-state index < -0.39 is 6.89 Å². The molecule has 0 radical (unpaired) electrons. The third-order valence-corrected chi connectivity index (χ3v) is 12.3. The fraction of sp³-hybridized carbons (Fsp3) is 0.0500. The summed E-state index contributed by atoms with van der Waals surface area (Å²) in [5.74, 6) is 0. The van der Waals surface area contributed by atoms with Gasteiger partial charge in [-0.3, -0.25) is 0 Å². The van der Waals surface area contributed by atoms with Gasteiger partial charge >= 0.3 is 148 Å². The van der Waals surface area contributed by atoms with Crippen molar-refractivity contribution in [1.82, 2.24) is 0 Å². The average Bonchev–Trinajstić information content (AvgIpc) is 2.65. The molecule has 0 saturated carbocycles. The van der Waals surface area contributed by atoms with Crippen molar-refractivity contribution in [2.24, 2.45) is 0 Å². The van der Waals surface area contributed by atoms with Gasteiger partial charge in [0, 0.05) is 0 Å². The number of hydrogen-bond acceptors (Lipinski definition) is 0. The van der Waals surface area contributed by atoms with E-state index in [4.69, 9.17) is 0 Å². The van der Waals surface area contributed by atoms with Crippen LogP contribution >= 0.6 is 13.7 Å². The minimum atomic E-state index is -1.77. The van der Waals surface area contributed by atoms with Crippen molar-refractivity contribution in [3.05, 3.63) is 91.0 Å². The van der Waals surface area contributed by atoms with Crippen LogP contribution in [0.15, 0.2) is 91.0 Å². The summed E-state index contributed by atoms with van der Waals surface area (Å²) in [5, 5.41) is 5.73. The summed E-state index contributed by atoms with van der Waals surface area (Å²) in [6.45, 7) is 1.75. The predicted molar refractivity (Wildman–Crippen MR) is 109 cm³/mol. The van der Waals surface area contributed by atoms with E-state index in [1.54, 1.807) is 0 Å². The number of hydrogen-bond donors (Lipinski definition) is 0. The Morgan fingerprint density at radius 2 is 0.957 bits per heavy atom. The van der Waals surface area contributed by atoms with Crippen molar-refractivity contribution in [2.45, 2.75) is 6.92 Å². The van der Waals surface area contributed by atoms with E-state index in [0.717, 1.165) is 0 Å². The first kappa shape index (κ1) is 16.6. The molecule has 3 aromatic rings. The van der Waals surface area contributed by atoms with E-state index >= 15 is 0 Å². The maximum absolute atomic E-state index is 3.22. The van der Waals surface area contributed by atoms with Crippen LogP contribution in [0.1, 0.15) is 6.92 Å². The summed E-state index contributed by atoms with van der Waals surface area (Å²) in [4.78, 5) is 0. The maximum atomic E-state index is 3.22. The molecule has 0 spiro atoms. The molecule has 0 unspecified atom stereocenters. The van der Waals surface area contributed by atoms with Gasteiger partial charge in [-0.15, -0.1) is 0 Å². The third kappa shape index (κ3) is 3.08. The van der Waals surface area contributed by atoms with E-state index in [0.29, 0.717) is 0 Å². The zero-order valence-electron chi connectivity index (χ0n) is 13.0. The van der Waals surface area contributed by atoms with Gasteiger partial charge in [0.2, 0.25) is 0 Å². The standard InChI is InChI=1S/C20H18P2Se/c1-17(21-23)22(18-11-5-2-6-12-18,19-13-7-3-8-14-19)20-15-9-4-10-16-20/h2-16H,1H3. The Labute approximate surface area is 147 Å². The normalized spacial score (nSPS) is 11.3. The molecular weight excluding hydrogens is 381 g/mol. The Balaban J connectivity index is 2.50. The zero-order chi connectivity index (χ0) is 16.1.